The van der Waals surface area contributed by atoms with Gasteiger partial charge in [-0.1, -0.05) is 0 Å². The number of nitrogens with one attached hydrogen (secondary N) is 1. The van der Waals surface area contributed by atoms with E-state index in [1.165, 1.54) is 12.1 Å². The molecule has 94 valence electrons. The van der Waals surface area contributed by atoms with E-state index in [1.807, 2.05) is 0 Å². The van der Waals surface area contributed by atoms with E-state index in [0.717, 1.165) is 0 Å². The average Bonchev–Trinajstić information content (AvgIpc) is 2.62. The van der Waals surface area contributed by atoms with Crippen LogP contribution in [0.2, 0.25) is 0 Å². The van der Waals surface area contributed by atoms with Crippen LogP contribution < -0.4 is 11.1 Å². The van der Waals surface area contributed by atoms with Gasteiger partial charge >= 0.3 is 0 Å². The minimum absolute atomic E-state index is 0.0584. The van der Waals surface area contributed by atoms with Crippen molar-refractivity contribution < 1.29 is 9.90 Å². The van der Waals surface area contributed by atoms with Gasteiger partial charge in [-0.25, -0.2) is 0 Å². The summed E-state index contributed by atoms with van der Waals surface area (Å²) in [7, 11) is 1.75. The number of amides is 1. The summed E-state index contributed by atoms with van der Waals surface area (Å²) in [4.78, 5) is 12.0. The second-order valence-electron chi connectivity index (χ2n) is 4.03. The fourth-order valence-electron chi connectivity index (χ4n) is 1.68. The molecule has 0 spiro atoms. The fraction of sp³-hybridized carbons (Fsp3) is 0.167. The van der Waals surface area contributed by atoms with Crippen molar-refractivity contribution in [2.45, 2.75) is 6.92 Å². The van der Waals surface area contributed by atoms with E-state index in [4.69, 9.17) is 5.73 Å². The smallest absolute Gasteiger partial charge is 0.259 e. The van der Waals surface area contributed by atoms with Crippen LogP contribution in [-0.2, 0) is 7.05 Å². The zero-order chi connectivity index (χ0) is 13.3. The number of rotatable bonds is 2. The number of phenols is 1. The maximum atomic E-state index is 12.0. The largest absolute Gasteiger partial charge is 0.508 e. The van der Waals surface area contributed by atoms with Gasteiger partial charge < -0.3 is 16.2 Å². The number of phenolic OH excluding ortho intramolecular Hbond substituents is 1. The molecule has 1 aromatic heterocycles. The zero-order valence-electron chi connectivity index (χ0n) is 10.1. The van der Waals surface area contributed by atoms with Gasteiger partial charge in [0, 0.05) is 19.3 Å². The Labute approximate surface area is 104 Å². The highest BCUT2D eigenvalue weighted by Crippen LogP contribution is 2.23. The van der Waals surface area contributed by atoms with Gasteiger partial charge in [0.25, 0.3) is 5.91 Å². The third-order valence-corrected chi connectivity index (χ3v) is 2.54. The number of carbonyl (C=O) groups is 1. The van der Waals surface area contributed by atoms with Gasteiger partial charge in [0.1, 0.15) is 5.75 Å². The number of nitrogens with two attached hydrogens (primary N) is 1. The van der Waals surface area contributed by atoms with Gasteiger partial charge in [0.05, 0.1) is 22.6 Å². The predicted octanol–water partition coefficient (Wildman–Crippen LogP) is 1.27. The molecule has 1 amide bonds. The number of aromatic nitrogens is 2. The lowest BCUT2D eigenvalue weighted by molar-refractivity contribution is 0.102. The van der Waals surface area contributed by atoms with Crippen LogP contribution in [0.1, 0.15) is 16.1 Å². The molecule has 0 atom stereocenters. The highest BCUT2D eigenvalue weighted by molar-refractivity contribution is 6.06. The van der Waals surface area contributed by atoms with Crippen molar-refractivity contribution >= 4 is 17.3 Å². The molecule has 2 aromatic rings. The third-order valence-electron chi connectivity index (χ3n) is 2.54. The normalized spacial score (nSPS) is 10.3. The Kier molecular flexibility index (Phi) is 2.93. The van der Waals surface area contributed by atoms with Crippen molar-refractivity contribution in [2.75, 3.05) is 11.1 Å². The average molecular weight is 246 g/mol. The van der Waals surface area contributed by atoms with Gasteiger partial charge in [-0.2, -0.15) is 5.10 Å². The molecule has 6 heteroatoms. The molecule has 2 rings (SSSR count). The van der Waals surface area contributed by atoms with Crippen LogP contribution in [0.3, 0.4) is 0 Å². The lowest BCUT2D eigenvalue weighted by Gasteiger charge is -2.07. The van der Waals surface area contributed by atoms with Crippen molar-refractivity contribution in [3.63, 3.8) is 0 Å². The molecule has 0 aliphatic carbocycles. The summed E-state index contributed by atoms with van der Waals surface area (Å²) in [6.45, 7) is 1.76. The zero-order valence-corrected chi connectivity index (χ0v) is 10.1. The Balaban J connectivity index is 2.24. The Morgan fingerprint density at radius 2 is 2.22 bits per heavy atom. The third kappa shape index (κ3) is 2.27. The van der Waals surface area contributed by atoms with Crippen LogP contribution in [-0.4, -0.2) is 20.8 Å². The molecular formula is C12H14N4O2. The number of nitrogens with zero attached hydrogens (tertiary/aromatic N) is 2. The van der Waals surface area contributed by atoms with Crippen LogP contribution >= 0.6 is 0 Å². The van der Waals surface area contributed by atoms with Crippen LogP contribution in [0.15, 0.2) is 24.4 Å². The number of anilines is 2. The van der Waals surface area contributed by atoms with E-state index in [-0.39, 0.29) is 11.7 Å². The molecule has 4 N–H and O–H groups in total. The molecule has 0 saturated heterocycles. The summed E-state index contributed by atoms with van der Waals surface area (Å²) >= 11 is 0. The summed E-state index contributed by atoms with van der Waals surface area (Å²) in [6, 6.07) is 4.39. The summed E-state index contributed by atoms with van der Waals surface area (Å²) < 4.78 is 1.57. The minimum Gasteiger partial charge on any atom is -0.508 e. The lowest BCUT2D eigenvalue weighted by atomic mass is 10.2. The molecule has 0 fully saturated rings. The first kappa shape index (κ1) is 12.0. The molecule has 0 aliphatic heterocycles. The maximum absolute atomic E-state index is 12.0. The summed E-state index contributed by atoms with van der Waals surface area (Å²) in [5, 5.41) is 16.0. The summed E-state index contributed by atoms with van der Waals surface area (Å²) in [6.07, 6.45) is 1.64. The van der Waals surface area contributed by atoms with Crippen molar-refractivity contribution in [3.8, 4) is 5.75 Å². The number of hydrogen-bond donors (Lipinski definition) is 3. The standard InChI is InChI=1S/C12H14N4O2/c1-7-9(6-16(2)15-7)12(18)14-11-4-3-8(17)5-10(11)13/h3-6,17H,13H2,1-2H3,(H,14,18). The number of benzene rings is 1. The van der Waals surface area contributed by atoms with Crippen molar-refractivity contribution in [1.29, 1.82) is 0 Å². The molecular weight excluding hydrogens is 232 g/mol. The molecule has 0 radical (unpaired) electrons. The SMILES string of the molecule is Cc1nn(C)cc1C(=O)Nc1ccc(O)cc1N. The Morgan fingerprint density at radius 1 is 1.50 bits per heavy atom. The van der Waals surface area contributed by atoms with Gasteiger partial charge in [0.2, 0.25) is 0 Å². The van der Waals surface area contributed by atoms with Gasteiger partial charge in [0.15, 0.2) is 0 Å². The van der Waals surface area contributed by atoms with Gasteiger partial charge in [-0.3, -0.25) is 9.48 Å². The number of nitrogen functional groups attached to an aromatic ring is 1. The summed E-state index contributed by atoms with van der Waals surface area (Å²) in [5.74, 6) is -0.221. The molecule has 18 heavy (non-hydrogen) atoms. The van der Waals surface area contributed by atoms with Crippen LogP contribution in [0, 0.1) is 6.92 Å². The molecule has 1 aromatic carbocycles. The van der Waals surface area contributed by atoms with Crippen molar-refractivity contribution in [3.05, 3.63) is 35.7 Å². The lowest BCUT2D eigenvalue weighted by Crippen LogP contribution is -2.13. The van der Waals surface area contributed by atoms with Crippen molar-refractivity contribution in [1.82, 2.24) is 9.78 Å². The van der Waals surface area contributed by atoms with E-state index >= 15 is 0 Å². The van der Waals surface area contributed by atoms with E-state index in [9.17, 15) is 9.90 Å². The second kappa shape index (κ2) is 4.40. The van der Waals surface area contributed by atoms with E-state index in [1.54, 1.807) is 30.9 Å². The van der Waals surface area contributed by atoms with E-state index in [2.05, 4.69) is 10.4 Å². The quantitative estimate of drug-likeness (QED) is 0.549. The minimum atomic E-state index is -0.280. The number of aryl methyl sites for hydroxylation is 2. The fourth-order valence-corrected chi connectivity index (χ4v) is 1.68. The van der Waals surface area contributed by atoms with Crippen LogP contribution in [0.25, 0.3) is 0 Å². The second-order valence-corrected chi connectivity index (χ2v) is 4.03. The Bertz CT molecular complexity index is 604. The number of aromatic hydroxyl groups is 1. The molecule has 1 heterocycles. The topological polar surface area (TPSA) is 93.2 Å². The van der Waals surface area contributed by atoms with Crippen molar-refractivity contribution in [2.24, 2.45) is 7.05 Å². The van der Waals surface area contributed by atoms with Crippen LogP contribution in [0.4, 0.5) is 11.4 Å². The first-order valence-electron chi connectivity index (χ1n) is 5.37. The van der Waals surface area contributed by atoms with E-state index in [0.29, 0.717) is 22.6 Å². The first-order chi connectivity index (χ1) is 8.47. The highest BCUT2D eigenvalue weighted by atomic mass is 16.3. The van der Waals surface area contributed by atoms with Gasteiger partial charge in [-0.05, 0) is 19.1 Å². The molecule has 0 unspecified atom stereocenters. The molecule has 0 saturated carbocycles. The van der Waals surface area contributed by atoms with Gasteiger partial charge in [-0.15, -0.1) is 0 Å². The summed E-state index contributed by atoms with van der Waals surface area (Å²) in [5.41, 5.74) is 7.60. The number of hydrogen-bond acceptors (Lipinski definition) is 4. The number of carbonyl (C=O) groups excluding carboxylic acids is 1. The maximum Gasteiger partial charge on any atom is 0.259 e. The monoisotopic (exact) mass is 246 g/mol. The van der Waals surface area contributed by atoms with E-state index < -0.39 is 0 Å². The Morgan fingerprint density at radius 3 is 2.78 bits per heavy atom. The highest BCUT2D eigenvalue weighted by Gasteiger charge is 2.13. The molecule has 0 bridgehead atoms. The first-order valence-corrected chi connectivity index (χ1v) is 5.37. The van der Waals surface area contributed by atoms with Crippen LogP contribution in [0.5, 0.6) is 5.75 Å². The predicted molar refractivity (Wildman–Crippen MR) is 68.4 cm³/mol. The Hall–Kier alpha value is -2.50. The molecule has 0 aliphatic rings. The molecule has 6 nitrogen and oxygen atoms in total.